The molecule has 2 amide bonds. The highest BCUT2D eigenvalue weighted by Crippen LogP contribution is 2.38. The van der Waals surface area contributed by atoms with Crippen LogP contribution in [-0.2, 0) is 22.7 Å². The van der Waals surface area contributed by atoms with Gasteiger partial charge in [-0.05, 0) is 62.7 Å². The average molecular weight is 547 g/mol. The average Bonchev–Trinajstić information content (AvgIpc) is 3.52. The van der Waals surface area contributed by atoms with E-state index in [-0.39, 0.29) is 43.2 Å². The Morgan fingerprint density at radius 3 is 2.75 bits per heavy atom. The standard InChI is InChI=1S/C27H30N8O5/c1-3-34-21(10-16(2)33-34)26(38)32-27-31-20-11-18(25(28)37)12-22-24(20)35(27)19(15-39-22)6-9-30-13-23(36)40-14-17-4-7-29-8-5-17/h4-5,7-8,10-12,19,30H,3,6,9,13-15H2,1-2H3,(H2,28,37)(H,31,32,38)/t19-/m0/s1. The molecule has 4 N–H and O–H groups in total. The van der Waals surface area contributed by atoms with E-state index < -0.39 is 5.91 Å². The predicted molar refractivity (Wildman–Crippen MR) is 145 cm³/mol. The number of nitrogens with zero attached hydrogens (tertiary/aromatic N) is 5. The zero-order chi connectivity index (χ0) is 28.2. The highest BCUT2D eigenvalue weighted by atomic mass is 16.5. The first kappa shape index (κ1) is 26.8. The molecule has 0 spiro atoms. The first-order chi connectivity index (χ1) is 19.3. The largest absolute Gasteiger partial charge is 0.489 e. The number of esters is 1. The summed E-state index contributed by atoms with van der Waals surface area (Å²) >= 11 is 0. The predicted octanol–water partition coefficient (Wildman–Crippen LogP) is 1.96. The number of aryl methyl sites for hydroxylation is 2. The zero-order valence-corrected chi connectivity index (χ0v) is 22.2. The molecule has 1 aliphatic heterocycles. The van der Waals surface area contributed by atoms with Crippen molar-refractivity contribution in [1.29, 1.82) is 0 Å². The van der Waals surface area contributed by atoms with Crippen LogP contribution in [0.25, 0.3) is 11.0 Å². The molecule has 208 valence electrons. The molecule has 0 saturated heterocycles. The van der Waals surface area contributed by atoms with Crippen LogP contribution in [0.15, 0.2) is 42.7 Å². The fourth-order valence-corrected chi connectivity index (χ4v) is 4.65. The third-order valence-electron chi connectivity index (χ3n) is 6.56. The van der Waals surface area contributed by atoms with Gasteiger partial charge in [0.05, 0.1) is 23.8 Å². The minimum Gasteiger partial charge on any atom is -0.489 e. The summed E-state index contributed by atoms with van der Waals surface area (Å²) in [5.41, 5.74) is 8.89. The van der Waals surface area contributed by atoms with Crippen LogP contribution in [0, 0.1) is 6.92 Å². The van der Waals surface area contributed by atoms with Crippen molar-refractivity contribution in [2.45, 2.75) is 39.5 Å². The van der Waals surface area contributed by atoms with E-state index in [1.807, 2.05) is 18.4 Å². The van der Waals surface area contributed by atoms with Crippen molar-refractivity contribution in [3.8, 4) is 5.75 Å². The van der Waals surface area contributed by atoms with E-state index in [4.69, 9.17) is 15.2 Å². The van der Waals surface area contributed by atoms with Gasteiger partial charge in [0, 0.05) is 24.5 Å². The Bertz CT molecular complexity index is 1560. The molecule has 1 aromatic carbocycles. The number of carbonyl (C=O) groups excluding carboxylic acids is 3. The third-order valence-corrected chi connectivity index (χ3v) is 6.56. The number of pyridine rings is 1. The summed E-state index contributed by atoms with van der Waals surface area (Å²) in [4.78, 5) is 45.9. The lowest BCUT2D eigenvalue weighted by Gasteiger charge is -2.27. The maximum Gasteiger partial charge on any atom is 0.320 e. The third kappa shape index (κ3) is 5.64. The van der Waals surface area contributed by atoms with Crippen LogP contribution in [0.4, 0.5) is 5.95 Å². The van der Waals surface area contributed by atoms with Gasteiger partial charge < -0.3 is 25.1 Å². The topological polar surface area (TPSA) is 168 Å². The Morgan fingerprint density at radius 1 is 1.20 bits per heavy atom. The SMILES string of the molecule is CCn1nc(C)cc1C(=O)Nc1nc2cc(C(N)=O)cc3c2n1[C@@H](CCNCC(=O)OCc1ccncc1)CO3. The van der Waals surface area contributed by atoms with Crippen molar-refractivity contribution >= 4 is 34.8 Å². The lowest BCUT2D eigenvalue weighted by molar-refractivity contribution is -0.143. The molecule has 13 heteroatoms. The number of nitrogens with one attached hydrogen (secondary N) is 2. The Hall–Kier alpha value is -4.78. The van der Waals surface area contributed by atoms with Crippen molar-refractivity contribution < 1.29 is 23.9 Å². The maximum absolute atomic E-state index is 13.2. The molecule has 0 fully saturated rings. The van der Waals surface area contributed by atoms with Crippen LogP contribution in [-0.4, -0.2) is 61.8 Å². The van der Waals surface area contributed by atoms with Gasteiger partial charge in [0.25, 0.3) is 5.91 Å². The summed E-state index contributed by atoms with van der Waals surface area (Å²) in [6.07, 6.45) is 3.85. The van der Waals surface area contributed by atoms with Crippen LogP contribution in [0.3, 0.4) is 0 Å². The smallest absolute Gasteiger partial charge is 0.320 e. The number of rotatable bonds is 11. The molecule has 13 nitrogen and oxygen atoms in total. The number of primary amides is 1. The number of benzene rings is 1. The van der Waals surface area contributed by atoms with Crippen molar-refractivity contribution in [2.75, 3.05) is 25.0 Å². The fourth-order valence-electron chi connectivity index (χ4n) is 4.65. The number of nitrogens with two attached hydrogens (primary N) is 1. The second-order valence-corrected chi connectivity index (χ2v) is 9.40. The molecule has 5 rings (SSSR count). The second-order valence-electron chi connectivity index (χ2n) is 9.40. The molecule has 1 aliphatic rings. The van der Waals surface area contributed by atoms with E-state index in [1.165, 1.54) is 0 Å². The molecule has 1 atom stereocenters. The summed E-state index contributed by atoms with van der Waals surface area (Å²) in [6.45, 7) is 5.22. The summed E-state index contributed by atoms with van der Waals surface area (Å²) in [6, 6.07) is 8.23. The fraction of sp³-hybridized carbons (Fsp3) is 0.333. The summed E-state index contributed by atoms with van der Waals surface area (Å²) in [5, 5.41) is 10.4. The van der Waals surface area contributed by atoms with Gasteiger partial charge in [0.15, 0.2) is 0 Å². The van der Waals surface area contributed by atoms with Gasteiger partial charge in [-0.2, -0.15) is 5.10 Å². The van der Waals surface area contributed by atoms with E-state index in [1.54, 1.807) is 47.4 Å². The van der Waals surface area contributed by atoms with Crippen LogP contribution in [0.2, 0.25) is 0 Å². The molecular weight excluding hydrogens is 516 g/mol. The number of carbonyl (C=O) groups is 3. The second kappa shape index (κ2) is 11.5. The summed E-state index contributed by atoms with van der Waals surface area (Å²) in [5.74, 6) is -0.564. The monoisotopic (exact) mass is 546 g/mol. The quantitative estimate of drug-likeness (QED) is 0.188. The van der Waals surface area contributed by atoms with Crippen LogP contribution < -0.4 is 21.1 Å². The highest BCUT2D eigenvalue weighted by molar-refractivity contribution is 6.04. The molecule has 0 bridgehead atoms. The molecule has 4 aromatic rings. The van der Waals surface area contributed by atoms with Gasteiger partial charge in [-0.3, -0.25) is 29.4 Å². The lowest BCUT2D eigenvalue weighted by atomic mass is 10.1. The van der Waals surface area contributed by atoms with Gasteiger partial charge in [0.2, 0.25) is 11.9 Å². The van der Waals surface area contributed by atoms with Crippen LogP contribution >= 0.6 is 0 Å². The lowest BCUT2D eigenvalue weighted by Crippen LogP contribution is -2.31. The minimum atomic E-state index is -0.605. The Kier molecular flexibility index (Phi) is 7.73. The number of amides is 2. The number of hydrogen-bond donors (Lipinski definition) is 3. The Labute approximate surface area is 229 Å². The van der Waals surface area contributed by atoms with Crippen molar-refractivity contribution in [3.05, 3.63) is 65.2 Å². The van der Waals surface area contributed by atoms with E-state index in [0.29, 0.717) is 47.9 Å². The van der Waals surface area contributed by atoms with Gasteiger partial charge in [-0.1, -0.05) is 0 Å². The molecule has 0 radical (unpaired) electrons. The molecule has 40 heavy (non-hydrogen) atoms. The van der Waals surface area contributed by atoms with Gasteiger partial charge in [-0.15, -0.1) is 0 Å². The van der Waals surface area contributed by atoms with Gasteiger partial charge >= 0.3 is 5.97 Å². The van der Waals surface area contributed by atoms with Crippen molar-refractivity contribution in [1.82, 2.24) is 29.6 Å². The molecule has 4 heterocycles. The van der Waals surface area contributed by atoms with Crippen LogP contribution in [0.5, 0.6) is 5.75 Å². The molecule has 0 unspecified atom stereocenters. The molecule has 0 saturated carbocycles. The van der Waals surface area contributed by atoms with E-state index in [0.717, 1.165) is 11.3 Å². The number of anilines is 1. The summed E-state index contributed by atoms with van der Waals surface area (Å²) in [7, 11) is 0. The number of imidazole rings is 1. The number of hydrogen-bond acceptors (Lipinski definition) is 9. The zero-order valence-electron chi connectivity index (χ0n) is 22.2. The molecule has 3 aromatic heterocycles. The Morgan fingerprint density at radius 2 is 2.00 bits per heavy atom. The normalized spacial score (nSPS) is 14.1. The van der Waals surface area contributed by atoms with E-state index in [9.17, 15) is 14.4 Å². The first-order valence-corrected chi connectivity index (χ1v) is 12.9. The van der Waals surface area contributed by atoms with Crippen molar-refractivity contribution in [3.63, 3.8) is 0 Å². The number of ether oxygens (including phenoxy) is 2. The Balaban J connectivity index is 1.32. The maximum atomic E-state index is 13.2. The van der Waals surface area contributed by atoms with Crippen molar-refractivity contribution in [2.24, 2.45) is 5.73 Å². The number of aromatic nitrogens is 5. The molecular formula is C27H30N8O5. The minimum absolute atomic E-state index is 0.0422. The first-order valence-electron chi connectivity index (χ1n) is 12.9. The molecule has 0 aliphatic carbocycles. The van der Waals surface area contributed by atoms with E-state index >= 15 is 0 Å². The summed E-state index contributed by atoms with van der Waals surface area (Å²) < 4.78 is 14.8. The highest BCUT2D eigenvalue weighted by Gasteiger charge is 2.29. The van der Waals surface area contributed by atoms with Gasteiger partial charge in [0.1, 0.15) is 30.2 Å². The van der Waals surface area contributed by atoms with Gasteiger partial charge in [-0.25, -0.2) is 4.98 Å². The van der Waals surface area contributed by atoms with Crippen LogP contribution in [0.1, 0.15) is 51.5 Å². The van der Waals surface area contributed by atoms with E-state index in [2.05, 4.69) is 25.7 Å².